The standard InChI is InChI=1S/C18H36NO10P/c1-9-16(20)28-17(23-10-2,24-11-3)18(25-12-4,26-13-5)29-30(21,22)27-15-14-19(6,7)8/h9H,1,10-15H2,2-8H3/p+1. The lowest BCUT2D eigenvalue weighted by atomic mass is 10.4. The largest absolute Gasteiger partial charge is 0.477 e. The molecule has 11 nitrogen and oxygen atoms in total. The van der Waals surface area contributed by atoms with Gasteiger partial charge in [0.25, 0.3) is 0 Å². The number of carbonyl (C=O) groups excluding carboxylic acids is 1. The van der Waals surface area contributed by atoms with Crippen molar-refractivity contribution >= 4 is 13.8 Å². The molecule has 0 amide bonds. The van der Waals surface area contributed by atoms with E-state index in [1.807, 2.05) is 21.1 Å². The number of rotatable bonds is 17. The maximum Gasteiger partial charge on any atom is 0.477 e. The van der Waals surface area contributed by atoms with Crippen LogP contribution in [-0.4, -0.2) is 88.0 Å². The summed E-state index contributed by atoms with van der Waals surface area (Å²) in [4.78, 5) is 22.4. The van der Waals surface area contributed by atoms with Crippen molar-refractivity contribution in [2.45, 2.75) is 39.6 Å². The van der Waals surface area contributed by atoms with Crippen LogP contribution >= 0.6 is 7.82 Å². The molecule has 0 aromatic rings. The van der Waals surface area contributed by atoms with Crippen LogP contribution in [0.4, 0.5) is 0 Å². The van der Waals surface area contributed by atoms with Crippen LogP contribution in [0.2, 0.25) is 0 Å². The lowest BCUT2D eigenvalue weighted by molar-refractivity contribution is -0.870. The Morgan fingerprint density at radius 2 is 1.40 bits per heavy atom. The predicted octanol–water partition coefficient (Wildman–Crippen LogP) is 2.01. The second-order valence-corrected chi connectivity index (χ2v) is 8.25. The number of hydrogen-bond donors (Lipinski definition) is 1. The molecule has 0 bridgehead atoms. The third-order valence-corrected chi connectivity index (χ3v) is 4.35. The molecule has 1 unspecified atom stereocenters. The van der Waals surface area contributed by atoms with Crippen molar-refractivity contribution in [1.82, 2.24) is 0 Å². The molecule has 12 heteroatoms. The van der Waals surface area contributed by atoms with Crippen LogP contribution in [0.5, 0.6) is 0 Å². The van der Waals surface area contributed by atoms with Crippen molar-refractivity contribution in [1.29, 1.82) is 0 Å². The van der Waals surface area contributed by atoms with Crippen LogP contribution in [0.3, 0.4) is 0 Å². The average molecular weight is 458 g/mol. The first-order valence-corrected chi connectivity index (χ1v) is 11.3. The SMILES string of the molecule is C=CC(=O)OC(OCC)(OCC)C(OCC)(OCC)OP(=O)(O)OCC[N+](C)(C)C. The number of nitrogens with zero attached hydrogens (tertiary/aromatic N) is 1. The Kier molecular flexibility index (Phi) is 12.5. The molecule has 0 aliphatic carbocycles. The Morgan fingerprint density at radius 1 is 0.967 bits per heavy atom. The van der Waals surface area contributed by atoms with E-state index in [0.29, 0.717) is 11.0 Å². The van der Waals surface area contributed by atoms with Crippen molar-refractivity contribution in [3.05, 3.63) is 12.7 Å². The highest BCUT2D eigenvalue weighted by Crippen LogP contribution is 2.52. The summed E-state index contributed by atoms with van der Waals surface area (Å²) in [6.07, 6.45) is 0.867. The van der Waals surface area contributed by atoms with Crippen LogP contribution < -0.4 is 0 Å². The first kappa shape index (κ1) is 29.1. The Hall–Kier alpha value is -0.880. The number of phosphoric ester groups is 1. The Balaban J connectivity index is 6.21. The normalized spacial score (nSPS) is 14.9. The van der Waals surface area contributed by atoms with Gasteiger partial charge in [0.1, 0.15) is 13.2 Å². The van der Waals surface area contributed by atoms with E-state index in [4.69, 9.17) is 32.7 Å². The maximum absolute atomic E-state index is 12.7. The molecule has 1 N–H and O–H groups in total. The molecule has 0 heterocycles. The molecule has 0 aromatic heterocycles. The topological polar surface area (TPSA) is 119 Å². The van der Waals surface area contributed by atoms with Gasteiger partial charge in [0.05, 0.1) is 47.6 Å². The first-order valence-electron chi connectivity index (χ1n) is 9.76. The van der Waals surface area contributed by atoms with Gasteiger partial charge in [-0.15, -0.1) is 0 Å². The number of likely N-dealkylation sites (N-methyl/N-ethyl adjacent to an activating group) is 1. The van der Waals surface area contributed by atoms with Gasteiger partial charge in [-0.1, -0.05) is 6.58 Å². The van der Waals surface area contributed by atoms with E-state index in [0.717, 1.165) is 6.08 Å². The van der Waals surface area contributed by atoms with Crippen LogP contribution in [-0.2, 0) is 42.1 Å². The Morgan fingerprint density at radius 3 is 1.77 bits per heavy atom. The van der Waals surface area contributed by atoms with Gasteiger partial charge in [0, 0.05) is 6.08 Å². The lowest BCUT2D eigenvalue weighted by Crippen LogP contribution is -2.64. The number of ether oxygens (including phenoxy) is 5. The van der Waals surface area contributed by atoms with Gasteiger partial charge in [0.2, 0.25) is 0 Å². The van der Waals surface area contributed by atoms with Crippen molar-refractivity contribution in [2.75, 3.05) is 60.7 Å². The molecule has 1 atom stereocenters. The quantitative estimate of drug-likeness (QED) is 0.114. The summed E-state index contributed by atoms with van der Waals surface area (Å²) in [6.45, 7) is 9.74. The van der Waals surface area contributed by atoms with E-state index in [-0.39, 0.29) is 33.0 Å². The monoisotopic (exact) mass is 458 g/mol. The highest BCUT2D eigenvalue weighted by Gasteiger charge is 2.66. The summed E-state index contributed by atoms with van der Waals surface area (Å²) in [5.74, 6) is -6.00. The summed E-state index contributed by atoms with van der Waals surface area (Å²) >= 11 is 0. The third-order valence-electron chi connectivity index (χ3n) is 3.37. The minimum Gasteiger partial charge on any atom is -0.398 e. The summed E-state index contributed by atoms with van der Waals surface area (Å²) < 4.78 is 51.1. The molecule has 0 saturated heterocycles. The molecular weight excluding hydrogens is 421 g/mol. The van der Waals surface area contributed by atoms with E-state index in [1.165, 1.54) is 0 Å². The Bertz CT molecular complexity index is 566. The van der Waals surface area contributed by atoms with E-state index in [9.17, 15) is 14.3 Å². The summed E-state index contributed by atoms with van der Waals surface area (Å²) in [6, 6.07) is 0. The molecule has 0 spiro atoms. The van der Waals surface area contributed by atoms with Crippen molar-refractivity contribution in [3.63, 3.8) is 0 Å². The van der Waals surface area contributed by atoms with Gasteiger partial charge in [-0.3, -0.25) is 4.52 Å². The second kappa shape index (κ2) is 12.8. The zero-order chi connectivity index (χ0) is 23.5. The smallest absolute Gasteiger partial charge is 0.398 e. The minimum atomic E-state index is -4.79. The summed E-state index contributed by atoms with van der Waals surface area (Å²) in [5.41, 5.74) is 0. The molecule has 178 valence electrons. The zero-order valence-electron chi connectivity index (χ0n) is 19.0. The number of quaternary nitrogens is 1. The second-order valence-electron chi connectivity index (χ2n) is 6.88. The maximum atomic E-state index is 12.7. The van der Waals surface area contributed by atoms with Gasteiger partial charge in [-0.25, -0.2) is 13.9 Å². The predicted molar refractivity (Wildman–Crippen MR) is 108 cm³/mol. The van der Waals surface area contributed by atoms with Crippen LogP contribution in [0.25, 0.3) is 0 Å². The molecule has 0 rings (SSSR count). The molecule has 0 saturated carbocycles. The van der Waals surface area contributed by atoms with Crippen LogP contribution in [0.1, 0.15) is 27.7 Å². The highest BCUT2D eigenvalue weighted by atomic mass is 31.2. The van der Waals surface area contributed by atoms with Crippen molar-refractivity contribution < 1.29 is 51.5 Å². The van der Waals surface area contributed by atoms with Crippen LogP contribution in [0.15, 0.2) is 12.7 Å². The van der Waals surface area contributed by atoms with E-state index in [2.05, 4.69) is 6.58 Å². The van der Waals surface area contributed by atoms with E-state index < -0.39 is 25.7 Å². The van der Waals surface area contributed by atoms with Gasteiger partial charge in [-0.05, 0) is 27.7 Å². The third kappa shape index (κ3) is 9.09. The fourth-order valence-corrected chi connectivity index (χ4v) is 3.10. The molecule has 0 aromatic carbocycles. The number of carbonyl (C=O) groups is 1. The molecule has 0 aliphatic heterocycles. The molecular formula is C18H37NO10P+. The molecule has 0 fully saturated rings. The zero-order valence-corrected chi connectivity index (χ0v) is 19.9. The number of hydrogen-bond acceptors (Lipinski definition) is 9. The first-order chi connectivity index (χ1) is 13.9. The van der Waals surface area contributed by atoms with E-state index >= 15 is 0 Å². The van der Waals surface area contributed by atoms with Gasteiger partial charge >= 0.3 is 25.7 Å². The highest BCUT2D eigenvalue weighted by molar-refractivity contribution is 7.47. The molecule has 0 aliphatic rings. The van der Waals surface area contributed by atoms with Gasteiger partial charge in [-0.2, -0.15) is 0 Å². The fourth-order valence-electron chi connectivity index (χ4n) is 2.21. The summed E-state index contributed by atoms with van der Waals surface area (Å²) in [7, 11) is 0.878. The fraction of sp³-hybridized carbons (Fsp3) is 0.833. The minimum absolute atomic E-state index is 0.0478. The van der Waals surface area contributed by atoms with Crippen LogP contribution in [0, 0.1) is 0 Å². The van der Waals surface area contributed by atoms with Crippen molar-refractivity contribution in [3.8, 4) is 0 Å². The van der Waals surface area contributed by atoms with E-state index in [1.54, 1.807) is 27.7 Å². The van der Waals surface area contributed by atoms with Gasteiger partial charge < -0.3 is 33.1 Å². The molecule has 30 heavy (non-hydrogen) atoms. The number of esters is 1. The number of phosphoric acid groups is 1. The average Bonchev–Trinajstić information content (AvgIpc) is 2.60. The molecule has 0 radical (unpaired) electrons. The van der Waals surface area contributed by atoms with Gasteiger partial charge in [0.15, 0.2) is 0 Å². The van der Waals surface area contributed by atoms with Crippen molar-refractivity contribution in [2.24, 2.45) is 0 Å². The lowest BCUT2D eigenvalue weighted by Gasteiger charge is -2.44. The summed E-state index contributed by atoms with van der Waals surface area (Å²) in [5, 5.41) is 0. The Labute approximate surface area is 179 Å².